The van der Waals surface area contributed by atoms with Crippen molar-refractivity contribution in [3.05, 3.63) is 185 Å². The average Bonchev–Trinajstić information content (AvgIpc) is 1.58. The Kier molecular flexibility index (Phi) is 26.1. The van der Waals surface area contributed by atoms with Crippen LogP contribution in [0.3, 0.4) is 0 Å². The lowest BCUT2D eigenvalue weighted by Gasteiger charge is -2.28. The highest BCUT2D eigenvalue weighted by atomic mass is 32.1. The standard InChI is InChI=1S/2C25H30FN5O2S.2C24H27N5O2S/c2*1-13-3-5-17-22(28)23(34-25(17)29-13)21(32)8-14-4-6-20-15(7-14)9-18(26)24(30-20)31-10-16(12-33-2)19(27)11-31;2*1-13-2-5-18-21(25)22(32-24(18)27-13)23(30)28-16-8-14-3-4-17(9-20(14)31-12-16)29-10-15-6-7-26-19(15)11-29/h2*3,5,9,14,16,19H,4,6-8,10-12,27-28H2,1-2H3;2*2-5,9,15-16,19,26H,6-8,10-12,25H2,1H3,(H,28,30)/t14-,16+,19+;14-,16-,19-;15-,16+,19+;15-,16-,19+/m1101/s1. The second-order valence-electron chi connectivity index (χ2n) is 37.4. The molecule has 6 saturated heterocycles. The number of hydrogen-bond acceptors (Lipinski definition) is 30. The number of carbonyl (C=O) groups excluding carboxylic acids is 4. The Labute approximate surface area is 781 Å². The number of aromatic nitrogens is 6. The number of ether oxygens (including phenoxy) is 4. The average molecular weight is 1870 g/mol. The van der Waals surface area contributed by atoms with E-state index >= 15 is 8.78 Å². The number of hydrogen-bond donors (Lipinski definition) is 10. The Morgan fingerprint density at radius 3 is 1.19 bits per heavy atom. The van der Waals surface area contributed by atoms with Crippen molar-refractivity contribution in [1.82, 2.24) is 51.2 Å². The number of Topliss-reactive ketones (excluding diaryl/α,β-unsaturated/α-hetero) is 2. The van der Waals surface area contributed by atoms with Crippen molar-refractivity contribution in [3.8, 4) is 11.5 Å². The van der Waals surface area contributed by atoms with Crippen molar-refractivity contribution >= 4 is 155 Å². The van der Waals surface area contributed by atoms with Crippen LogP contribution in [0.5, 0.6) is 11.5 Å². The Morgan fingerprint density at radius 2 is 0.818 bits per heavy atom. The number of nitrogens with two attached hydrogens (primary N) is 6. The lowest BCUT2D eigenvalue weighted by Crippen LogP contribution is -2.42. The van der Waals surface area contributed by atoms with Crippen molar-refractivity contribution in [2.45, 2.75) is 141 Å². The minimum atomic E-state index is -0.328. The van der Waals surface area contributed by atoms with Crippen LogP contribution in [-0.2, 0) is 48.0 Å². The SMILES string of the molecule is COC[C@@H]1CN(c2nc3c(cc2F)C[C@H](CC(=O)c2sc4nc(C)ccc4c2N)CC3)C[C@@H]1N.COC[C@H]1CN(c2nc3c(cc2F)C[C@H](CC(=O)c2sc4nc(C)ccc4c2N)CC3)C[C@H]1N.Cc1ccc2c(N)c(C(=O)N[C@H]3COc4cc(N5C[C@@H]6CCN[C@@H]6C5)ccc4C3)sc2n1.Cc1ccc2c(N)c(C(=O)N[C@H]3COc4cc(N5C[C@H]6CCN[C@H]6C5)ccc4C3)sc2n1. The third-order valence-electron chi connectivity index (χ3n) is 28.0. The number of pyridine rings is 6. The summed E-state index contributed by atoms with van der Waals surface area (Å²) in [4.78, 5) is 93.6. The zero-order valence-corrected chi connectivity index (χ0v) is 78.4. The van der Waals surface area contributed by atoms with E-state index in [0.29, 0.717) is 144 Å². The van der Waals surface area contributed by atoms with Crippen LogP contribution in [0.25, 0.3) is 40.9 Å². The molecule has 34 heteroatoms. The first-order valence-corrected chi connectivity index (χ1v) is 49.2. The number of benzene rings is 2. The summed E-state index contributed by atoms with van der Waals surface area (Å²) in [7, 11) is 3.31. The summed E-state index contributed by atoms with van der Waals surface area (Å²) in [6.07, 6.45) is 9.21. The molecular weight excluding hydrogens is 1750 g/mol. The Balaban J connectivity index is 0.000000114. The van der Waals surface area contributed by atoms with Crippen molar-refractivity contribution in [2.75, 3.05) is 149 Å². The quantitative estimate of drug-likeness (QED) is 0.0357. The molecule has 692 valence electrons. The predicted octanol–water partition coefficient (Wildman–Crippen LogP) is 12.5. The van der Waals surface area contributed by atoms with Crippen LogP contribution in [0.15, 0.2) is 97.1 Å². The van der Waals surface area contributed by atoms with Gasteiger partial charge in [-0.15, -0.1) is 45.3 Å². The molecule has 28 nitrogen and oxygen atoms in total. The van der Waals surface area contributed by atoms with Gasteiger partial charge in [0.1, 0.15) is 53.8 Å². The summed E-state index contributed by atoms with van der Waals surface area (Å²) >= 11 is 5.41. The van der Waals surface area contributed by atoms with Crippen molar-refractivity contribution in [3.63, 3.8) is 0 Å². The Hall–Kier alpha value is -10.9. The maximum Gasteiger partial charge on any atom is 0.263 e. The van der Waals surface area contributed by atoms with Crippen molar-refractivity contribution in [1.29, 1.82) is 0 Å². The van der Waals surface area contributed by atoms with Crippen molar-refractivity contribution < 1.29 is 46.9 Å². The summed E-state index contributed by atoms with van der Waals surface area (Å²) < 4.78 is 52.8. The van der Waals surface area contributed by atoms with Crippen LogP contribution in [0.4, 0.5) is 54.5 Å². The predicted molar refractivity (Wildman–Crippen MR) is 522 cm³/mol. The summed E-state index contributed by atoms with van der Waals surface area (Å²) in [5.41, 5.74) is 51.5. The van der Waals surface area contributed by atoms with Gasteiger partial charge in [-0.2, -0.15) is 0 Å². The molecule has 2 aliphatic carbocycles. The minimum Gasteiger partial charge on any atom is -0.491 e. The molecule has 0 unspecified atom stereocenters. The molecule has 6 fully saturated rings. The summed E-state index contributed by atoms with van der Waals surface area (Å²) in [6, 6.07) is 32.5. The number of fused-ring (bicyclic) bond motifs is 10. The molecule has 2 aromatic carbocycles. The van der Waals surface area contributed by atoms with Crippen molar-refractivity contribution in [2.24, 2.45) is 47.0 Å². The van der Waals surface area contributed by atoms with E-state index in [9.17, 15) is 19.2 Å². The van der Waals surface area contributed by atoms with E-state index < -0.39 is 0 Å². The molecule has 10 aliphatic rings. The van der Waals surface area contributed by atoms with Gasteiger partial charge >= 0.3 is 0 Å². The molecule has 132 heavy (non-hydrogen) atoms. The molecule has 0 bridgehead atoms. The van der Waals surface area contributed by atoms with E-state index in [1.165, 1.54) is 69.6 Å². The first kappa shape index (κ1) is 90.3. The Bertz CT molecular complexity index is 6020. The third kappa shape index (κ3) is 18.8. The van der Waals surface area contributed by atoms with Crippen LogP contribution < -0.4 is 84.7 Å². The van der Waals surface area contributed by atoms with Gasteiger partial charge in [0.05, 0.1) is 57.8 Å². The van der Waals surface area contributed by atoms with Gasteiger partial charge in [0, 0.05) is 195 Å². The van der Waals surface area contributed by atoms with Gasteiger partial charge in [0.25, 0.3) is 11.8 Å². The highest BCUT2D eigenvalue weighted by Gasteiger charge is 2.41. The highest BCUT2D eigenvalue weighted by molar-refractivity contribution is 7.22. The van der Waals surface area contributed by atoms with E-state index in [4.69, 9.17) is 63.3 Å². The van der Waals surface area contributed by atoms with E-state index in [1.54, 1.807) is 26.4 Å². The van der Waals surface area contributed by atoms with Gasteiger partial charge in [0.2, 0.25) is 0 Å². The van der Waals surface area contributed by atoms with Gasteiger partial charge in [0.15, 0.2) is 34.8 Å². The fourth-order valence-corrected chi connectivity index (χ4v) is 25.1. The van der Waals surface area contributed by atoms with Crippen LogP contribution in [0.1, 0.15) is 134 Å². The largest absolute Gasteiger partial charge is 0.491 e. The van der Waals surface area contributed by atoms with E-state index in [-0.39, 0.29) is 82.9 Å². The summed E-state index contributed by atoms with van der Waals surface area (Å²) in [5, 5.41) is 16.8. The zero-order chi connectivity index (χ0) is 91.6. The number of nitrogen functional groups attached to an aromatic ring is 4. The van der Waals surface area contributed by atoms with E-state index in [1.807, 2.05) is 86.0 Å². The maximum absolute atomic E-state index is 15.1. The lowest BCUT2D eigenvalue weighted by atomic mass is 9.83. The number of rotatable bonds is 18. The first-order valence-electron chi connectivity index (χ1n) is 45.9. The number of anilines is 8. The number of carbonyl (C=O) groups is 4. The maximum atomic E-state index is 15.1. The molecule has 18 heterocycles. The summed E-state index contributed by atoms with van der Waals surface area (Å²) in [5.74, 6) is 3.83. The minimum absolute atomic E-state index is 0.0342. The van der Waals surface area contributed by atoms with Gasteiger partial charge in [-0.1, -0.05) is 12.1 Å². The molecule has 0 saturated carbocycles. The molecule has 2 amide bonds. The second kappa shape index (κ2) is 38.2. The van der Waals surface area contributed by atoms with Crippen LogP contribution in [0, 0.1) is 74.8 Å². The van der Waals surface area contributed by atoms with E-state index in [2.05, 4.69) is 87.4 Å². The monoisotopic (exact) mass is 1860 g/mol. The first-order chi connectivity index (χ1) is 63.8. The lowest BCUT2D eigenvalue weighted by molar-refractivity contribution is 0.0912. The van der Waals surface area contributed by atoms with E-state index in [0.717, 1.165) is 198 Å². The van der Waals surface area contributed by atoms with Gasteiger partial charge in [-0.3, -0.25) is 19.2 Å². The molecule has 12 aromatic rings. The third-order valence-corrected chi connectivity index (χ3v) is 32.6. The topological polar surface area (TPSA) is 400 Å². The number of aryl methyl sites for hydroxylation is 6. The molecule has 10 aromatic heterocycles. The fourth-order valence-electron chi connectivity index (χ4n) is 20.9. The number of nitrogens with zero attached hydrogens (tertiary/aromatic N) is 10. The normalized spacial score (nSPS) is 23.3. The number of nitrogens with one attached hydrogen (secondary N) is 4. The second-order valence-corrected chi connectivity index (χ2v) is 41.4. The smallest absolute Gasteiger partial charge is 0.263 e. The number of thiophene rings is 4. The molecular formula is C98H114F2N20O8S4. The molecule has 8 aliphatic heterocycles. The Morgan fingerprint density at radius 1 is 0.447 bits per heavy atom. The molecule has 16 N–H and O–H groups in total. The number of ketones is 2. The highest BCUT2D eigenvalue weighted by Crippen LogP contribution is 2.44. The zero-order valence-electron chi connectivity index (χ0n) is 75.1. The molecule has 0 spiro atoms. The number of halogens is 2. The molecule has 12 atom stereocenters. The fraction of sp³-hybridized carbons (Fsp3) is 0.449. The summed E-state index contributed by atoms with van der Waals surface area (Å²) in [6.45, 7) is 18.8. The van der Waals surface area contributed by atoms with Crippen LogP contribution in [0.2, 0.25) is 0 Å². The van der Waals surface area contributed by atoms with Crippen LogP contribution in [-0.4, -0.2) is 196 Å². The van der Waals surface area contributed by atoms with Crippen LogP contribution >= 0.6 is 45.3 Å². The van der Waals surface area contributed by atoms with Gasteiger partial charge < -0.3 is 94.2 Å². The molecule has 22 rings (SSSR count). The molecule has 0 radical (unpaired) electrons. The number of amides is 2. The van der Waals surface area contributed by atoms with Gasteiger partial charge in [-0.05, 0) is 224 Å². The number of methoxy groups -OCH3 is 2. The van der Waals surface area contributed by atoms with Gasteiger partial charge in [-0.25, -0.2) is 38.7 Å².